The number of fused-ring (bicyclic) bond motifs is 2. The number of ketones is 1. The predicted octanol–water partition coefficient (Wildman–Crippen LogP) is 4.10. The van der Waals surface area contributed by atoms with Crippen molar-refractivity contribution >= 4 is 5.78 Å². The van der Waals surface area contributed by atoms with Crippen molar-refractivity contribution in [2.75, 3.05) is 7.11 Å². The van der Waals surface area contributed by atoms with Crippen LogP contribution >= 0.6 is 0 Å². The Bertz CT molecular complexity index is 713. The minimum atomic E-state index is 0.0655. The Morgan fingerprint density at radius 1 is 1.13 bits per heavy atom. The summed E-state index contributed by atoms with van der Waals surface area (Å²) < 4.78 is 5.38. The molecule has 2 fully saturated rings. The number of hydrogen-bond acceptors (Lipinski definition) is 3. The molecule has 23 heavy (non-hydrogen) atoms. The third kappa shape index (κ3) is 2.44. The maximum atomic E-state index is 13.1. The van der Waals surface area contributed by atoms with E-state index in [1.54, 1.807) is 13.3 Å². The Morgan fingerprint density at radius 2 is 2.00 bits per heavy atom. The molecular weight excluding hydrogens is 286 g/mol. The standard InChI is InChI=1S/C20H21NO2/c1-23-16-6-4-5-13(12-16)18-14-8-9-15(11-14)19(18)20(22)17-7-2-3-10-21-17/h2-7,10,12,14-15,18-19H,8-9,11H2,1H3/t14-,15+,18+,19+/m0/s1. The molecule has 0 amide bonds. The second kappa shape index (κ2) is 5.80. The second-order valence-corrected chi connectivity index (χ2v) is 6.74. The molecule has 2 aliphatic rings. The summed E-state index contributed by atoms with van der Waals surface area (Å²) in [5, 5.41) is 0. The molecule has 3 heteroatoms. The first kappa shape index (κ1) is 14.4. The van der Waals surface area contributed by atoms with Crippen LogP contribution in [0.3, 0.4) is 0 Å². The molecule has 0 saturated heterocycles. The molecule has 4 atom stereocenters. The number of methoxy groups -OCH3 is 1. The minimum absolute atomic E-state index is 0.0655. The van der Waals surface area contributed by atoms with Crippen LogP contribution in [0.15, 0.2) is 48.7 Å². The highest BCUT2D eigenvalue weighted by atomic mass is 16.5. The summed E-state index contributed by atoms with van der Waals surface area (Å²) in [6.07, 6.45) is 5.29. The van der Waals surface area contributed by atoms with Crippen molar-refractivity contribution in [3.8, 4) is 5.75 Å². The Kier molecular flexibility index (Phi) is 3.64. The smallest absolute Gasteiger partial charge is 0.185 e. The van der Waals surface area contributed by atoms with Gasteiger partial charge in [0, 0.05) is 12.1 Å². The molecule has 1 aromatic carbocycles. The first-order chi connectivity index (χ1) is 11.3. The van der Waals surface area contributed by atoms with E-state index >= 15 is 0 Å². The number of ether oxygens (including phenoxy) is 1. The SMILES string of the molecule is COc1cccc([C@@H]2[C@H]3CC[C@H](C3)[C@H]2C(=O)c2ccccn2)c1. The van der Waals surface area contributed by atoms with Crippen LogP contribution in [0.4, 0.5) is 0 Å². The van der Waals surface area contributed by atoms with E-state index < -0.39 is 0 Å². The number of carbonyl (C=O) groups excluding carboxylic acids is 1. The molecule has 0 N–H and O–H groups in total. The van der Waals surface area contributed by atoms with Crippen LogP contribution in [-0.2, 0) is 0 Å². The van der Waals surface area contributed by atoms with Crippen LogP contribution in [0, 0.1) is 17.8 Å². The number of benzene rings is 1. The quantitative estimate of drug-likeness (QED) is 0.798. The third-order valence-electron chi connectivity index (χ3n) is 5.62. The zero-order valence-corrected chi connectivity index (χ0v) is 13.3. The van der Waals surface area contributed by atoms with E-state index in [2.05, 4.69) is 17.1 Å². The van der Waals surface area contributed by atoms with Crippen LogP contribution in [0.25, 0.3) is 0 Å². The summed E-state index contributed by atoms with van der Waals surface area (Å²) in [5.74, 6) is 2.57. The lowest BCUT2D eigenvalue weighted by Gasteiger charge is -2.30. The fraction of sp³-hybridized carbons (Fsp3) is 0.400. The Morgan fingerprint density at radius 3 is 2.78 bits per heavy atom. The lowest BCUT2D eigenvalue weighted by Crippen LogP contribution is -2.29. The monoisotopic (exact) mass is 307 g/mol. The molecular formula is C20H21NO2. The Balaban J connectivity index is 1.71. The number of carbonyl (C=O) groups is 1. The minimum Gasteiger partial charge on any atom is -0.497 e. The summed E-state index contributed by atoms with van der Waals surface area (Å²) in [6, 6.07) is 13.8. The lowest BCUT2D eigenvalue weighted by atomic mass is 9.73. The number of nitrogens with zero attached hydrogens (tertiary/aromatic N) is 1. The maximum absolute atomic E-state index is 13.1. The van der Waals surface area contributed by atoms with Gasteiger partial charge in [-0.2, -0.15) is 0 Å². The molecule has 2 saturated carbocycles. The van der Waals surface area contributed by atoms with E-state index in [-0.39, 0.29) is 11.7 Å². The number of pyridine rings is 1. The fourth-order valence-corrected chi connectivity index (χ4v) is 4.68. The molecule has 0 radical (unpaired) electrons. The van der Waals surface area contributed by atoms with Gasteiger partial charge in [-0.15, -0.1) is 0 Å². The molecule has 0 unspecified atom stereocenters. The molecule has 4 rings (SSSR count). The van der Waals surface area contributed by atoms with Gasteiger partial charge < -0.3 is 4.74 Å². The Labute approximate surface area is 136 Å². The molecule has 0 aliphatic heterocycles. The summed E-state index contributed by atoms with van der Waals surface area (Å²) >= 11 is 0. The highest BCUT2D eigenvalue weighted by molar-refractivity contribution is 5.97. The third-order valence-corrected chi connectivity index (χ3v) is 5.62. The van der Waals surface area contributed by atoms with Gasteiger partial charge in [-0.25, -0.2) is 0 Å². The average molecular weight is 307 g/mol. The van der Waals surface area contributed by atoms with Crippen molar-refractivity contribution < 1.29 is 9.53 Å². The van der Waals surface area contributed by atoms with Gasteiger partial charge in [0.15, 0.2) is 5.78 Å². The molecule has 3 nitrogen and oxygen atoms in total. The summed E-state index contributed by atoms with van der Waals surface area (Å²) in [7, 11) is 1.69. The summed E-state index contributed by atoms with van der Waals surface area (Å²) in [6.45, 7) is 0. The summed E-state index contributed by atoms with van der Waals surface area (Å²) in [4.78, 5) is 17.4. The van der Waals surface area contributed by atoms with Crippen molar-refractivity contribution in [3.63, 3.8) is 0 Å². The maximum Gasteiger partial charge on any atom is 0.185 e. The molecule has 0 spiro atoms. The van der Waals surface area contributed by atoms with E-state index in [1.807, 2.05) is 30.3 Å². The van der Waals surface area contributed by atoms with Gasteiger partial charge in [-0.05, 0) is 66.8 Å². The van der Waals surface area contributed by atoms with Crippen LogP contribution in [0.1, 0.15) is 41.2 Å². The molecule has 2 aliphatic carbocycles. The van der Waals surface area contributed by atoms with Gasteiger partial charge in [0.05, 0.1) is 7.11 Å². The van der Waals surface area contributed by atoms with E-state index in [0.717, 1.165) is 5.75 Å². The largest absolute Gasteiger partial charge is 0.497 e. The van der Waals surface area contributed by atoms with Gasteiger partial charge in [-0.3, -0.25) is 9.78 Å². The van der Waals surface area contributed by atoms with Gasteiger partial charge in [0.2, 0.25) is 0 Å². The first-order valence-corrected chi connectivity index (χ1v) is 8.37. The second-order valence-electron chi connectivity index (χ2n) is 6.74. The number of hydrogen-bond donors (Lipinski definition) is 0. The van der Waals surface area contributed by atoms with Crippen LogP contribution in [-0.4, -0.2) is 17.9 Å². The van der Waals surface area contributed by atoms with Crippen LogP contribution < -0.4 is 4.74 Å². The zero-order chi connectivity index (χ0) is 15.8. The van der Waals surface area contributed by atoms with E-state index in [1.165, 1.54) is 24.8 Å². The predicted molar refractivity (Wildman–Crippen MR) is 88.6 cm³/mol. The normalized spacial score (nSPS) is 28.7. The van der Waals surface area contributed by atoms with E-state index in [0.29, 0.717) is 23.4 Å². The van der Waals surface area contributed by atoms with Crippen molar-refractivity contribution in [2.24, 2.45) is 17.8 Å². The first-order valence-electron chi connectivity index (χ1n) is 8.37. The highest BCUT2D eigenvalue weighted by Crippen LogP contribution is 2.57. The topological polar surface area (TPSA) is 39.2 Å². The van der Waals surface area contributed by atoms with Crippen molar-refractivity contribution in [1.82, 2.24) is 4.98 Å². The molecule has 118 valence electrons. The molecule has 2 bridgehead atoms. The van der Waals surface area contributed by atoms with E-state index in [4.69, 9.17) is 4.74 Å². The fourth-order valence-electron chi connectivity index (χ4n) is 4.68. The average Bonchev–Trinajstić information content (AvgIpc) is 3.23. The molecule has 1 heterocycles. The molecule has 2 aromatic rings. The molecule has 1 aromatic heterocycles. The number of aromatic nitrogens is 1. The number of Topliss-reactive ketones (excluding diaryl/α,β-unsaturated/α-hetero) is 1. The van der Waals surface area contributed by atoms with E-state index in [9.17, 15) is 4.79 Å². The number of rotatable bonds is 4. The van der Waals surface area contributed by atoms with Crippen LogP contribution in [0.2, 0.25) is 0 Å². The van der Waals surface area contributed by atoms with Crippen molar-refractivity contribution in [2.45, 2.75) is 25.2 Å². The summed E-state index contributed by atoms with van der Waals surface area (Å²) in [5.41, 5.74) is 1.85. The van der Waals surface area contributed by atoms with Crippen molar-refractivity contribution in [1.29, 1.82) is 0 Å². The lowest BCUT2D eigenvalue weighted by molar-refractivity contribution is 0.0847. The van der Waals surface area contributed by atoms with Gasteiger partial charge in [-0.1, -0.05) is 18.2 Å². The zero-order valence-electron chi connectivity index (χ0n) is 13.3. The van der Waals surface area contributed by atoms with Gasteiger partial charge in [0.25, 0.3) is 0 Å². The van der Waals surface area contributed by atoms with Crippen molar-refractivity contribution in [3.05, 3.63) is 59.9 Å². The van der Waals surface area contributed by atoms with Gasteiger partial charge >= 0.3 is 0 Å². The van der Waals surface area contributed by atoms with Gasteiger partial charge in [0.1, 0.15) is 11.4 Å². The van der Waals surface area contributed by atoms with Crippen LogP contribution in [0.5, 0.6) is 5.75 Å². The Hall–Kier alpha value is -2.16. The highest BCUT2D eigenvalue weighted by Gasteiger charge is 2.51.